The monoisotopic (exact) mass is 173 g/mol. The van der Waals surface area contributed by atoms with Gasteiger partial charge in [0.15, 0.2) is 0 Å². The molecule has 0 amide bonds. The molecule has 0 aliphatic heterocycles. The molecule has 0 unspecified atom stereocenters. The lowest BCUT2D eigenvalue weighted by atomic mass is 10.0. The van der Waals surface area contributed by atoms with Crippen LogP contribution in [0.15, 0.2) is 0 Å². The molecule has 0 rings (SSSR count). The average molecular weight is 173 g/mol. The normalized spacial score (nSPS) is 15.2. The van der Waals surface area contributed by atoms with Crippen molar-refractivity contribution in [3.63, 3.8) is 0 Å². The second-order valence-electron chi connectivity index (χ2n) is 4.45. The smallest absolute Gasteiger partial charge is 0.0715 e. The second kappa shape index (κ2) is 4.83. The van der Waals surface area contributed by atoms with Crippen molar-refractivity contribution in [1.82, 2.24) is 5.32 Å². The van der Waals surface area contributed by atoms with E-state index in [1.807, 2.05) is 13.8 Å². The molecule has 2 N–H and O–H groups in total. The highest BCUT2D eigenvalue weighted by atomic mass is 16.3. The third-order valence-electron chi connectivity index (χ3n) is 2.04. The van der Waals surface area contributed by atoms with E-state index in [1.165, 1.54) is 0 Å². The van der Waals surface area contributed by atoms with E-state index in [4.69, 9.17) is 0 Å². The van der Waals surface area contributed by atoms with Crippen LogP contribution in [0.4, 0.5) is 0 Å². The topological polar surface area (TPSA) is 32.3 Å². The Kier molecular flexibility index (Phi) is 4.80. The van der Waals surface area contributed by atoms with Gasteiger partial charge in [0.25, 0.3) is 0 Å². The van der Waals surface area contributed by atoms with Gasteiger partial charge >= 0.3 is 0 Å². The van der Waals surface area contributed by atoms with E-state index in [0.29, 0.717) is 18.5 Å². The Morgan fingerprint density at radius 3 is 2.08 bits per heavy atom. The summed E-state index contributed by atoms with van der Waals surface area (Å²) >= 11 is 0. The van der Waals surface area contributed by atoms with Crippen molar-refractivity contribution in [3.05, 3.63) is 0 Å². The molecule has 0 aliphatic carbocycles. The van der Waals surface area contributed by atoms with Gasteiger partial charge in [-0.05, 0) is 26.2 Å². The fourth-order valence-corrected chi connectivity index (χ4v) is 1.23. The zero-order valence-corrected chi connectivity index (χ0v) is 9.02. The van der Waals surface area contributed by atoms with Crippen LogP contribution in [0.1, 0.15) is 41.0 Å². The molecule has 2 nitrogen and oxygen atoms in total. The van der Waals surface area contributed by atoms with Crippen molar-refractivity contribution in [3.8, 4) is 0 Å². The standard InChI is InChI=1S/C10H23NO/c1-6-9(8(2)3)11-7-10(4,5)12/h8-9,11-12H,6-7H2,1-5H3/t9-/m0/s1. The zero-order chi connectivity index (χ0) is 9.78. The molecular weight excluding hydrogens is 150 g/mol. The lowest BCUT2D eigenvalue weighted by Gasteiger charge is -2.25. The summed E-state index contributed by atoms with van der Waals surface area (Å²) in [6, 6.07) is 0.524. The number of rotatable bonds is 5. The maximum Gasteiger partial charge on any atom is 0.0715 e. The Bertz CT molecular complexity index is 115. The van der Waals surface area contributed by atoms with Crippen LogP contribution in [0, 0.1) is 5.92 Å². The van der Waals surface area contributed by atoms with Gasteiger partial charge < -0.3 is 10.4 Å². The van der Waals surface area contributed by atoms with E-state index >= 15 is 0 Å². The molecule has 0 saturated heterocycles. The van der Waals surface area contributed by atoms with Gasteiger partial charge in [0.05, 0.1) is 5.60 Å². The molecule has 0 bridgehead atoms. The zero-order valence-electron chi connectivity index (χ0n) is 9.02. The Hall–Kier alpha value is -0.0800. The van der Waals surface area contributed by atoms with Crippen molar-refractivity contribution in [1.29, 1.82) is 0 Å². The molecule has 0 aromatic heterocycles. The molecule has 74 valence electrons. The van der Waals surface area contributed by atoms with Crippen molar-refractivity contribution in [2.45, 2.75) is 52.7 Å². The molecular formula is C10H23NO. The minimum Gasteiger partial charge on any atom is -0.389 e. The molecule has 0 aliphatic rings. The third-order valence-corrected chi connectivity index (χ3v) is 2.04. The van der Waals surface area contributed by atoms with Gasteiger partial charge in [-0.3, -0.25) is 0 Å². The highest BCUT2D eigenvalue weighted by Crippen LogP contribution is 2.07. The van der Waals surface area contributed by atoms with Gasteiger partial charge in [-0.25, -0.2) is 0 Å². The van der Waals surface area contributed by atoms with E-state index in [9.17, 15) is 5.11 Å². The summed E-state index contributed by atoms with van der Waals surface area (Å²) in [5, 5.41) is 12.8. The van der Waals surface area contributed by atoms with Crippen molar-refractivity contribution in [2.75, 3.05) is 6.54 Å². The molecule has 0 radical (unpaired) electrons. The van der Waals surface area contributed by atoms with Crippen LogP contribution in [0.5, 0.6) is 0 Å². The highest BCUT2D eigenvalue weighted by Gasteiger charge is 2.16. The van der Waals surface area contributed by atoms with Gasteiger partial charge in [0.1, 0.15) is 0 Å². The summed E-state index contributed by atoms with van der Waals surface area (Å²) in [4.78, 5) is 0. The van der Waals surface area contributed by atoms with Crippen LogP contribution in [0.25, 0.3) is 0 Å². The lowest BCUT2D eigenvalue weighted by molar-refractivity contribution is 0.0740. The SMILES string of the molecule is CC[C@H](NCC(C)(C)O)C(C)C. The number of hydrogen-bond donors (Lipinski definition) is 2. The lowest BCUT2D eigenvalue weighted by Crippen LogP contribution is -2.42. The molecule has 1 atom stereocenters. The Labute approximate surface area is 76.4 Å². The van der Waals surface area contributed by atoms with Crippen LogP contribution in [0.3, 0.4) is 0 Å². The van der Waals surface area contributed by atoms with Gasteiger partial charge in [-0.15, -0.1) is 0 Å². The highest BCUT2D eigenvalue weighted by molar-refractivity contribution is 4.75. The van der Waals surface area contributed by atoms with Gasteiger partial charge in [0, 0.05) is 12.6 Å². The molecule has 0 heterocycles. The maximum atomic E-state index is 9.48. The fraction of sp³-hybridized carbons (Fsp3) is 1.00. The molecule has 0 aromatic rings. The van der Waals surface area contributed by atoms with Crippen LogP contribution < -0.4 is 5.32 Å². The Morgan fingerprint density at radius 1 is 1.33 bits per heavy atom. The van der Waals surface area contributed by atoms with Crippen LogP contribution in [-0.2, 0) is 0 Å². The van der Waals surface area contributed by atoms with Crippen LogP contribution in [0.2, 0.25) is 0 Å². The van der Waals surface area contributed by atoms with E-state index in [2.05, 4.69) is 26.1 Å². The van der Waals surface area contributed by atoms with Crippen LogP contribution in [-0.4, -0.2) is 23.3 Å². The Balaban J connectivity index is 3.73. The Morgan fingerprint density at radius 2 is 1.83 bits per heavy atom. The van der Waals surface area contributed by atoms with E-state index < -0.39 is 5.60 Å². The van der Waals surface area contributed by atoms with Crippen molar-refractivity contribution < 1.29 is 5.11 Å². The fourth-order valence-electron chi connectivity index (χ4n) is 1.23. The average Bonchev–Trinajstić information content (AvgIpc) is 1.85. The number of nitrogens with one attached hydrogen (secondary N) is 1. The van der Waals surface area contributed by atoms with Crippen molar-refractivity contribution in [2.24, 2.45) is 5.92 Å². The maximum absolute atomic E-state index is 9.48. The minimum absolute atomic E-state index is 0.524. The summed E-state index contributed by atoms with van der Waals surface area (Å²) in [6.07, 6.45) is 1.12. The quantitative estimate of drug-likeness (QED) is 0.664. The summed E-state index contributed by atoms with van der Waals surface area (Å²) in [7, 11) is 0. The molecule has 0 saturated carbocycles. The number of hydrogen-bond acceptors (Lipinski definition) is 2. The molecule has 0 aromatic carbocycles. The van der Waals surface area contributed by atoms with E-state index in [1.54, 1.807) is 0 Å². The first-order valence-corrected chi connectivity index (χ1v) is 4.82. The minimum atomic E-state index is -0.595. The first-order chi connectivity index (χ1) is 5.37. The van der Waals surface area contributed by atoms with Gasteiger partial charge in [0.2, 0.25) is 0 Å². The predicted molar refractivity (Wildman–Crippen MR) is 53.2 cm³/mol. The molecule has 2 heteroatoms. The van der Waals surface area contributed by atoms with E-state index in [-0.39, 0.29) is 0 Å². The van der Waals surface area contributed by atoms with Gasteiger partial charge in [-0.2, -0.15) is 0 Å². The van der Waals surface area contributed by atoms with E-state index in [0.717, 1.165) is 6.42 Å². The summed E-state index contributed by atoms with van der Waals surface area (Å²) < 4.78 is 0. The second-order valence-corrected chi connectivity index (χ2v) is 4.45. The van der Waals surface area contributed by atoms with Gasteiger partial charge in [-0.1, -0.05) is 20.8 Å². The summed E-state index contributed by atoms with van der Waals surface area (Å²) in [5.41, 5.74) is -0.595. The summed E-state index contributed by atoms with van der Waals surface area (Å²) in [5.74, 6) is 0.636. The predicted octanol–water partition coefficient (Wildman–Crippen LogP) is 1.78. The molecule has 0 spiro atoms. The molecule has 0 fully saturated rings. The van der Waals surface area contributed by atoms with Crippen molar-refractivity contribution >= 4 is 0 Å². The number of aliphatic hydroxyl groups is 1. The summed E-state index contributed by atoms with van der Waals surface area (Å²) in [6.45, 7) is 10.9. The molecule has 12 heavy (non-hydrogen) atoms. The first kappa shape index (κ1) is 11.9. The third kappa shape index (κ3) is 5.56. The largest absolute Gasteiger partial charge is 0.389 e. The van der Waals surface area contributed by atoms with Crippen LogP contribution >= 0.6 is 0 Å². The first-order valence-electron chi connectivity index (χ1n) is 4.82.